The Morgan fingerprint density at radius 2 is 1.65 bits per heavy atom. The highest BCUT2D eigenvalue weighted by molar-refractivity contribution is 5.79. The molecule has 1 aliphatic heterocycles. The van der Waals surface area contributed by atoms with E-state index in [1.54, 1.807) is 7.05 Å². The Labute approximate surface area is 152 Å². The van der Waals surface area contributed by atoms with Crippen LogP contribution in [-0.4, -0.2) is 29.9 Å². The zero-order valence-electron chi connectivity index (χ0n) is 15.2. The van der Waals surface area contributed by atoms with Gasteiger partial charge in [-0.05, 0) is 56.3 Å². The average molecular weight is 353 g/mol. The third-order valence-corrected chi connectivity index (χ3v) is 4.73. The highest BCUT2D eigenvalue weighted by Crippen LogP contribution is 2.25. The second-order valence-electron chi connectivity index (χ2n) is 6.94. The summed E-state index contributed by atoms with van der Waals surface area (Å²) in [5, 5.41) is 3.38. The van der Waals surface area contributed by atoms with Gasteiger partial charge in [-0.25, -0.2) is 4.79 Å². The molecule has 1 fully saturated rings. The van der Waals surface area contributed by atoms with E-state index in [4.69, 9.17) is 9.15 Å². The average Bonchev–Trinajstić information content (AvgIpc) is 2.89. The zero-order chi connectivity index (χ0) is 18.3. The van der Waals surface area contributed by atoms with Gasteiger partial charge in [0.05, 0.1) is 17.7 Å². The molecular weight excluding hydrogens is 330 g/mol. The highest BCUT2D eigenvalue weighted by Gasteiger charge is 2.22. The first-order valence-corrected chi connectivity index (χ1v) is 8.86. The maximum absolute atomic E-state index is 11.6. The number of aromatic nitrogens is 1. The minimum atomic E-state index is -0.351. The summed E-state index contributed by atoms with van der Waals surface area (Å²) in [4.78, 5) is 14.0. The summed E-state index contributed by atoms with van der Waals surface area (Å²) in [6.45, 7) is 6.03. The molecule has 6 heteroatoms. The van der Waals surface area contributed by atoms with Gasteiger partial charge < -0.3 is 19.4 Å². The van der Waals surface area contributed by atoms with Crippen molar-refractivity contribution in [2.75, 3.05) is 23.3 Å². The van der Waals surface area contributed by atoms with Crippen LogP contribution in [0, 0.1) is 0 Å². The van der Waals surface area contributed by atoms with E-state index in [0.29, 0.717) is 5.58 Å². The molecule has 1 N–H and O–H groups in total. The molecule has 2 heterocycles. The van der Waals surface area contributed by atoms with Crippen molar-refractivity contribution in [1.82, 2.24) is 4.57 Å². The quantitative estimate of drug-likeness (QED) is 0.781. The molecule has 4 rings (SSSR count). The van der Waals surface area contributed by atoms with Crippen LogP contribution in [0.5, 0.6) is 0 Å². The van der Waals surface area contributed by atoms with Gasteiger partial charge in [0.2, 0.25) is 0 Å². The van der Waals surface area contributed by atoms with Gasteiger partial charge in [-0.3, -0.25) is 4.57 Å². The SMILES string of the molecule is CC1CN(c2ccc(Nc3ccc4oc(=O)n(C)c4c3)cc2)CC(C)O1. The van der Waals surface area contributed by atoms with E-state index in [1.807, 2.05) is 18.2 Å². The van der Waals surface area contributed by atoms with E-state index in [9.17, 15) is 4.79 Å². The Bertz CT molecular complexity index is 964. The minimum absolute atomic E-state index is 0.241. The van der Waals surface area contributed by atoms with Crippen molar-refractivity contribution in [3.63, 3.8) is 0 Å². The molecule has 26 heavy (non-hydrogen) atoms. The number of oxazole rings is 1. The number of nitrogens with one attached hydrogen (secondary N) is 1. The predicted molar refractivity (Wildman–Crippen MR) is 103 cm³/mol. The maximum Gasteiger partial charge on any atom is 0.419 e. The van der Waals surface area contributed by atoms with Gasteiger partial charge in [0.15, 0.2) is 5.58 Å². The highest BCUT2D eigenvalue weighted by atomic mass is 16.5. The molecule has 0 bridgehead atoms. The lowest BCUT2D eigenvalue weighted by Gasteiger charge is -2.36. The predicted octanol–water partition coefficient (Wildman–Crippen LogP) is 3.49. The summed E-state index contributed by atoms with van der Waals surface area (Å²) >= 11 is 0. The van der Waals surface area contributed by atoms with Gasteiger partial charge in [-0.2, -0.15) is 0 Å². The molecule has 1 aromatic heterocycles. The number of hydrogen-bond acceptors (Lipinski definition) is 5. The van der Waals surface area contributed by atoms with Crippen LogP contribution < -0.4 is 16.0 Å². The van der Waals surface area contributed by atoms with Gasteiger partial charge in [0.1, 0.15) is 0 Å². The summed E-state index contributed by atoms with van der Waals surface area (Å²) in [5.41, 5.74) is 4.47. The molecule has 136 valence electrons. The molecule has 2 atom stereocenters. The Morgan fingerprint density at radius 1 is 1.00 bits per heavy atom. The first kappa shape index (κ1) is 16.7. The van der Waals surface area contributed by atoms with E-state index in [2.05, 4.69) is 48.3 Å². The summed E-state index contributed by atoms with van der Waals surface area (Å²) in [6.07, 6.45) is 0.481. The summed E-state index contributed by atoms with van der Waals surface area (Å²) < 4.78 is 12.5. The molecule has 0 radical (unpaired) electrons. The fourth-order valence-electron chi connectivity index (χ4n) is 3.52. The zero-order valence-corrected chi connectivity index (χ0v) is 15.2. The van der Waals surface area contributed by atoms with Gasteiger partial charge in [0, 0.05) is 37.2 Å². The number of nitrogens with zero attached hydrogens (tertiary/aromatic N) is 2. The molecule has 2 aromatic carbocycles. The normalized spacial score (nSPS) is 20.5. The van der Waals surface area contributed by atoms with Crippen molar-refractivity contribution < 1.29 is 9.15 Å². The van der Waals surface area contributed by atoms with E-state index in [0.717, 1.165) is 30.0 Å². The van der Waals surface area contributed by atoms with Crippen molar-refractivity contribution in [2.45, 2.75) is 26.1 Å². The van der Waals surface area contributed by atoms with Crippen LogP contribution in [0.4, 0.5) is 17.1 Å². The van der Waals surface area contributed by atoms with Crippen LogP contribution in [-0.2, 0) is 11.8 Å². The molecule has 2 unspecified atom stereocenters. The monoisotopic (exact) mass is 353 g/mol. The fraction of sp³-hybridized carbons (Fsp3) is 0.350. The number of benzene rings is 2. The Morgan fingerprint density at radius 3 is 2.35 bits per heavy atom. The lowest BCUT2D eigenvalue weighted by atomic mass is 10.2. The fourth-order valence-corrected chi connectivity index (χ4v) is 3.52. The molecule has 0 amide bonds. The number of hydrogen-bond donors (Lipinski definition) is 1. The van der Waals surface area contributed by atoms with Gasteiger partial charge >= 0.3 is 5.76 Å². The van der Waals surface area contributed by atoms with Crippen molar-refractivity contribution in [2.24, 2.45) is 7.05 Å². The van der Waals surface area contributed by atoms with Crippen LogP contribution in [0.3, 0.4) is 0 Å². The number of morpholine rings is 1. The van der Waals surface area contributed by atoms with E-state index < -0.39 is 0 Å². The van der Waals surface area contributed by atoms with Crippen LogP contribution >= 0.6 is 0 Å². The minimum Gasteiger partial charge on any atom is -0.408 e. The molecule has 6 nitrogen and oxygen atoms in total. The third kappa shape index (κ3) is 3.20. The van der Waals surface area contributed by atoms with Crippen LogP contribution in [0.25, 0.3) is 11.1 Å². The molecule has 1 saturated heterocycles. The van der Waals surface area contributed by atoms with Crippen LogP contribution in [0.1, 0.15) is 13.8 Å². The smallest absolute Gasteiger partial charge is 0.408 e. The van der Waals surface area contributed by atoms with Crippen LogP contribution in [0.2, 0.25) is 0 Å². The largest absolute Gasteiger partial charge is 0.419 e. The molecule has 0 aliphatic carbocycles. The lowest BCUT2D eigenvalue weighted by molar-refractivity contribution is -0.00521. The number of fused-ring (bicyclic) bond motifs is 1. The number of ether oxygens (including phenoxy) is 1. The molecule has 3 aromatic rings. The van der Waals surface area contributed by atoms with E-state index >= 15 is 0 Å². The second-order valence-corrected chi connectivity index (χ2v) is 6.94. The van der Waals surface area contributed by atoms with Gasteiger partial charge in [0.25, 0.3) is 0 Å². The Hall–Kier alpha value is -2.73. The number of rotatable bonds is 3. The van der Waals surface area contributed by atoms with Crippen molar-refractivity contribution >= 4 is 28.2 Å². The van der Waals surface area contributed by atoms with Crippen LogP contribution in [0.15, 0.2) is 51.7 Å². The van der Waals surface area contributed by atoms with E-state index in [-0.39, 0.29) is 18.0 Å². The summed E-state index contributed by atoms with van der Waals surface area (Å²) in [7, 11) is 1.71. The first-order valence-electron chi connectivity index (χ1n) is 8.86. The van der Waals surface area contributed by atoms with Crippen molar-refractivity contribution in [3.8, 4) is 0 Å². The topological polar surface area (TPSA) is 59.6 Å². The third-order valence-electron chi connectivity index (χ3n) is 4.73. The van der Waals surface area contributed by atoms with Crippen molar-refractivity contribution in [3.05, 3.63) is 53.0 Å². The van der Waals surface area contributed by atoms with Gasteiger partial charge in [-0.1, -0.05) is 0 Å². The standard InChI is InChI=1S/C20H23N3O3/c1-13-11-23(12-14(2)25-13)17-7-4-15(5-8-17)21-16-6-9-19-18(10-16)22(3)20(24)26-19/h4-10,13-14,21H,11-12H2,1-3H3. The Balaban J connectivity index is 1.52. The maximum atomic E-state index is 11.6. The first-order chi connectivity index (χ1) is 12.5. The van der Waals surface area contributed by atoms with Crippen molar-refractivity contribution in [1.29, 1.82) is 0 Å². The molecule has 0 spiro atoms. The summed E-state index contributed by atoms with van der Waals surface area (Å²) in [5.74, 6) is -0.351. The molecular formula is C20H23N3O3. The Kier molecular flexibility index (Phi) is 4.20. The second kappa shape index (κ2) is 6.53. The molecule has 0 saturated carbocycles. The number of aryl methyl sites for hydroxylation is 1. The lowest BCUT2D eigenvalue weighted by Crippen LogP contribution is -2.45. The molecule has 1 aliphatic rings. The van der Waals surface area contributed by atoms with E-state index in [1.165, 1.54) is 10.3 Å². The summed E-state index contributed by atoms with van der Waals surface area (Å²) in [6, 6.07) is 14.0. The number of anilines is 3. The van der Waals surface area contributed by atoms with Gasteiger partial charge in [-0.15, -0.1) is 0 Å².